The second kappa shape index (κ2) is 52.1. The van der Waals surface area contributed by atoms with Gasteiger partial charge in [0.15, 0.2) is 0 Å². The molecule has 3 unspecified atom stereocenters. The van der Waals surface area contributed by atoms with Crippen LogP contribution in [-0.2, 0) is 18.4 Å². The molecule has 0 aliphatic rings. The molecule has 0 radical (unpaired) electrons. The highest BCUT2D eigenvalue weighted by atomic mass is 31.2. The van der Waals surface area contributed by atoms with Crippen LogP contribution in [0.4, 0.5) is 0 Å². The van der Waals surface area contributed by atoms with Gasteiger partial charge in [0, 0.05) is 6.42 Å². The number of aliphatic hydroxyl groups excluding tert-OH is 1. The molecule has 1 amide bonds. The highest BCUT2D eigenvalue weighted by Gasteiger charge is 2.23. The molecule has 0 fully saturated rings. The van der Waals surface area contributed by atoms with Crippen molar-refractivity contribution in [2.45, 2.75) is 283 Å². The number of nitrogens with zero attached hydrogens (tertiary/aromatic N) is 1. The molecule has 3 atom stereocenters. The summed E-state index contributed by atoms with van der Waals surface area (Å²) in [6.07, 6.45) is 70.6. The number of nitrogens with one attached hydrogen (secondary N) is 1. The number of aliphatic hydroxyl groups is 1. The van der Waals surface area contributed by atoms with Crippen LogP contribution in [0.15, 0.2) is 60.8 Å². The number of amides is 1. The Morgan fingerprint density at radius 1 is 0.500 bits per heavy atom. The minimum Gasteiger partial charge on any atom is -0.756 e. The first-order valence-corrected chi connectivity index (χ1v) is 31.1. The molecule has 0 aromatic carbocycles. The Bertz CT molecular complexity index is 1320. The number of unbranched alkanes of at least 4 members (excludes halogenated alkanes) is 33. The fraction of sp³-hybridized carbons (Fsp3) is 0.820. The first-order valence-electron chi connectivity index (χ1n) is 29.7. The van der Waals surface area contributed by atoms with E-state index in [4.69, 9.17) is 9.05 Å². The van der Waals surface area contributed by atoms with Gasteiger partial charge in [0.2, 0.25) is 5.91 Å². The van der Waals surface area contributed by atoms with Crippen LogP contribution in [0.1, 0.15) is 271 Å². The molecule has 0 bridgehead atoms. The first-order chi connectivity index (χ1) is 34.0. The van der Waals surface area contributed by atoms with E-state index in [1.165, 1.54) is 193 Å². The number of allylic oxidation sites excluding steroid dienone is 9. The molecule has 2 N–H and O–H groups in total. The summed E-state index contributed by atoms with van der Waals surface area (Å²) in [5.41, 5.74) is 0. The van der Waals surface area contributed by atoms with Gasteiger partial charge in [-0.3, -0.25) is 9.36 Å². The maximum Gasteiger partial charge on any atom is 0.268 e. The molecule has 8 nitrogen and oxygen atoms in total. The van der Waals surface area contributed by atoms with Crippen molar-refractivity contribution < 1.29 is 32.9 Å². The van der Waals surface area contributed by atoms with Crippen molar-refractivity contribution in [2.75, 3.05) is 40.9 Å². The molecular weight excluding hydrogens is 888 g/mol. The van der Waals surface area contributed by atoms with Crippen molar-refractivity contribution in [3.05, 3.63) is 60.8 Å². The summed E-state index contributed by atoms with van der Waals surface area (Å²) >= 11 is 0. The molecule has 0 aliphatic heterocycles. The quantitative estimate of drug-likeness (QED) is 0.0272. The zero-order chi connectivity index (χ0) is 51.3. The molecule has 0 spiro atoms. The standard InChI is InChI=1S/C61H115N2O6P/c1-6-8-10-12-14-16-18-19-20-21-22-23-24-25-26-27-28-29-30-31-32-33-34-35-36-37-38-39-40-41-42-43-45-47-49-51-53-55-61(65)62-59(58-69-70(66,67)68-57-56-63(3,4)5)60(64)54-52-50-48-46-44-17-15-13-11-9-7-2/h11,13,18-19,21-22,44,46,52,54,59-60,64H,6-10,12,14-17,20,23-43,45,47-51,53,55-58H2,1-5H3,(H-,62,65,66,67)/b13-11+,19-18-,22-21-,46-44+,54-52+. The number of carbonyl (C=O) groups is 1. The SMILES string of the molecule is CCC/C=C/CC/C=C/CC/C=C/C(O)C(COP(=O)([O-])OCC[N+](C)(C)C)NC(=O)CCCCCCCCCCCCCCCCCCCCCCCCCCC/C=C\C/C=C\CCCCCCC. The number of likely N-dealkylation sites (N-methyl/N-ethyl adjacent to an activating group) is 1. The van der Waals surface area contributed by atoms with Crippen molar-refractivity contribution in [1.82, 2.24) is 5.32 Å². The van der Waals surface area contributed by atoms with Crippen LogP contribution in [0.2, 0.25) is 0 Å². The molecule has 0 heterocycles. The smallest absolute Gasteiger partial charge is 0.268 e. The van der Waals surface area contributed by atoms with Crippen LogP contribution in [0.25, 0.3) is 0 Å². The minimum atomic E-state index is -4.60. The Kier molecular flexibility index (Phi) is 50.7. The van der Waals surface area contributed by atoms with Gasteiger partial charge in [0.25, 0.3) is 7.82 Å². The molecule has 0 aromatic rings. The Hall–Kier alpha value is -1.80. The van der Waals surface area contributed by atoms with Gasteiger partial charge in [-0.15, -0.1) is 0 Å². The van der Waals surface area contributed by atoms with Gasteiger partial charge < -0.3 is 28.8 Å². The number of carbonyl (C=O) groups excluding carboxylic acids is 1. The van der Waals surface area contributed by atoms with E-state index in [0.29, 0.717) is 17.4 Å². The van der Waals surface area contributed by atoms with Crippen molar-refractivity contribution >= 4 is 13.7 Å². The molecule has 0 saturated carbocycles. The molecular formula is C61H115N2O6P. The number of phosphoric ester groups is 1. The van der Waals surface area contributed by atoms with Gasteiger partial charge in [0.05, 0.1) is 39.9 Å². The maximum atomic E-state index is 12.9. The molecule has 0 rings (SSSR count). The molecule has 0 aliphatic carbocycles. The van der Waals surface area contributed by atoms with E-state index in [1.807, 2.05) is 27.2 Å². The molecule has 9 heteroatoms. The van der Waals surface area contributed by atoms with Crippen molar-refractivity contribution in [3.8, 4) is 0 Å². The van der Waals surface area contributed by atoms with E-state index in [0.717, 1.165) is 57.8 Å². The highest BCUT2D eigenvalue weighted by molar-refractivity contribution is 7.45. The lowest BCUT2D eigenvalue weighted by atomic mass is 10.0. The topological polar surface area (TPSA) is 108 Å². The Morgan fingerprint density at radius 3 is 1.29 bits per heavy atom. The lowest BCUT2D eigenvalue weighted by Crippen LogP contribution is -2.45. The third-order valence-electron chi connectivity index (χ3n) is 13.2. The summed E-state index contributed by atoms with van der Waals surface area (Å²) in [6.45, 7) is 4.54. The number of rotatable bonds is 54. The van der Waals surface area contributed by atoms with E-state index in [1.54, 1.807) is 6.08 Å². The van der Waals surface area contributed by atoms with E-state index in [2.05, 4.69) is 67.8 Å². The second-order valence-corrected chi connectivity index (χ2v) is 22.7. The average Bonchev–Trinajstić information content (AvgIpc) is 3.32. The van der Waals surface area contributed by atoms with E-state index >= 15 is 0 Å². The number of hydrogen-bond donors (Lipinski definition) is 2. The summed E-state index contributed by atoms with van der Waals surface area (Å²) in [5.74, 6) is -0.210. The fourth-order valence-electron chi connectivity index (χ4n) is 8.52. The van der Waals surface area contributed by atoms with Gasteiger partial charge in [-0.25, -0.2) is 0 Å². The van der Waals surface area contributed by atoms with E-state index in [-0.39, 0.29) is 12.5 Å². The van der Waals surface area contributed by atoms with E-state index < -0.39 is 26.6 Å². The predicted octanol–water partition coefficient (Wildman–Crippen LogP) is 17.5. The number of quaternary nitrogens is 1. The summed E-state index contributed by atoms with van der Waals surface area (Å²) in [5, 5.41) is 13.8. The Balaban J connectivity index is 3.89. The Labute approximate surface area is 434 Å². The molecule has 410 valence electrons. The van der Waals surface area contributed by atoms with Gasteiger partial charge in [-0.2, -0.15) is 0 Å². The lowest BCUT2D eigenvalue weighted by Gasteiger charge is -2.29. The van der Waals surface area contributed by atoms with Crippen LogP contribution < -0.4 is 10.2 Å². The van der Waals surface area contributed by atoms with Crippen LogP contribution >= 0.6 is 7.82 Å². The summed E-state index contributed by atoms with van der Waals surface area (Å²) in [7, 11) is 1.24. The van der Waals surface area contributed by atoms with Crippen LogP contribution in [-0.4, -0.2) is 68.5 Å². The van der Waals surface area contributed by atoms with Crippen LogP contribution in [0.5, 0.6) is 0 Å². The zero-order valence-electron chi connectivity index (χ0n) is 46.7. The van der Waals surface area contributed by atoms with Crippen molar-refractivity contribution in [1.29, 1.82) is 0 Å². The summed E-state index contributed by atoms with van der Waals surface area (Å²) < 4.78 is 23.2. The number of hydrogen-bond acceptors (Lipinski definition) is 6. The number of phosphoric acid groups is 1. The summed E-state index contributed by atoms with van der Waals surface area (Å²) in [4.78, 5) is 25.4. The third-order valence-corrected chi connectivity index (χ3v) is 14.1. The molecule has 0 aromatic heterocycles. The minimum absolute atomic E-state index is 0.00925. The maximum absolute atomic E-state index is 12.9. The van der Waals surface area contributed by atoms with Gasteiger partial charge >= 0.3 is 0 Å². The zero-order valence-corrected chi connectivity index (χ0v) is 47.6. The Morgan fingerprint density at radius 2 is 0.871 bits per heavy atom. The second-order valence-electron chi connectivity index (χ2n) is 21.3. The first kappa shape index (κ1) is 68.2. The van der Waals surface area contributed by atoms with Crippen molar-refractivity contribution in [3.63, 3.8) is 0 Å². The molecule has 0 saturated heterocycles. The van der Waals surface area contributed by atoms with Crippen molar-refractivity contribution in [2.24, 2.45) is 0 Å². The van der Waals surface area contributed by atoms with Crippen LogP contribution in [0.3, 0.4) is 0 Å². The lowest BCUT2D eigenvalue weighted by molar-refractivity contribution is -0.870. The monoisotopic (exact) mass is 1000 g/mol. The third kappa shape index (κ3) is 54.0. The summed E-state index contributed by atoms with van der Waals surface area (Å²) in [6, 6.07) is -0.908. The van der Waals surface area contributed by atoms with Crippen LogP contribution in [0, 0.1) is 0 Å². The fourth-order valence-corrected chi connectivity index (χ4v) is 9.24. The van der Waals surface area contributed by atoms with Gasteiger partial charge in [0.1, 0.15) is 13.2 Å². The van der Waals surface area contributed by atoms with Gasteiger partial charge in [-0.05, 0) is 70.6 Å². The largest absolute Gasteiger partial charge is 0.756 e. The molecule has 70 heavy (non-hydrogen) atoms. The average molecular weight is 1000 g/mol. The predicted molar refractivity (Wildman–Crippen MR) is 302 cm³/mol. The van der Waals surface area contributed by atoms with Gasteiger partial charge in [-0.1, -0.05) is 254 Å². The normalized spacial score (nSPS) is 14.3. The highest BCUT2D eigenvalue weighted by Crippen LogP contribution is 2.38. The van der Waals surface area contributed by atoms with E-state index in [9.17, 15) is 19.4 Å².